The molecule has 3 aromatic carbocycles. The van der Waals surface area contributed by atoms with Crippen LogP contribution >= 0.6 is 23.2 Å². The van der Waals surface area contributed by atoms with Crippen LogP contribution in [0.2, 0.25) is 10.0 Å². The first-order valence-corrected chi connectivity index (χ1v) is 12.0. The third-order valence-corrected chi connectivity index (χ3v) is 7.08. The molecule has 168 valence electrons. The molecular formula is C23H21Cl2FN2O3S. The fraction of sp³-hybridized carbons (Fsp3) is 0.174. The highest BCUT2D eigenvalue weighted by Gasteiger charge is 2.37. The number of halogens is 3. The molecule has 32 heavy (non-hydrogen) atoms. The Hall–Kier alpha value is -2.45. The average Bonchev–Trinajstić information content (AvgIpc) is 2.76. The van der Waals surface area contributed by atoms with Crippen molar-refractivity contribution in [2.45, 2.75) is 24.4 Å². The van der Waals surface area contributed by atoms with Crippen LogP contribution in [0, 0.1) is 5.82 Å². The van der Waals surface area contributed by atoms with Crippen LogP contribution in [0.25, 0.3) is 0 Å². The lowest BCUT2D eigenvalue weighted by atomic mass is 10.1. The van der Waals surface area contributed by atoms with Crippen molar-refractivity contribution in [2.75, 3.05) is 6.54 Å². The van der Waals surface area contributed by atoms with Gasteiger partial charge in [0, 0.05) is 28.7 Å². The molecule has 0 saturated heterocycles. The molecule has 1 amide bonds. The molecule has 3 rings (SSSR count). The van der Waals surface area contributed by atoms with Crippen molar-refractivity contribution in [1.29, 1.82) is 0 Å². The minimum absolute atomic E-state index is 0.0681. The average molecular weight is 495 g/mol. The third-order valence-electron chi connectivity index (χ3n) is 4.76. The van der Waals surface area contributed by atoms with Crippen LogP contribution in [0.1, 0.15) is 24.1 Å². The molecule has 0 radical (unpaired) electrons. The quantitative estimate of drug-likeness (QED) is 0.467. The van der Waals surface area contributed by atoms with Gasteiger partial charge in [0.25, 0.3) is 0 Å². The lowest BCUT2D eigenvalue weighted by Gasteiger charge is -2.30. The summed E-state index contributed by atoms with van der Waals surface area (Å²) in [6.07, 6.45) is 0. The lowest BCUT2D eigenvalue weighted by Crippen LogP contribution is -2.43. The van der Waals surface area contributed by atoms with Crippen molar-refractivity contribution in [1.82, 2.24) is 9.62 Å². The number of sulfonamides is 1. The first-order chi connectivity index (χ1) is 15.2. The van der Waals surface area contributed by atoms with Crippen molar-refractivity contribution in [3.63, 3.8) is 0 Å². The van der Waals surface area contributed by atoms with Crippen LogP contribution in [-0.4, -0.2) is 25.2 Å². The highest BCUT2D eigenvalue weighted by molar-refractivity contribution is 7.89. The monoisotopic (exact) mass is 494 g/mol. The summed E-state index contributed by atoms with van der Waals surface area (Å²) in [7, 11) is -4.24. The number of carbonyl (C=O) groups is 1. The number of nitrogens with zero attached hydrogens (tertiary/aromatic N) is 1. The Morgan fingerprint density at radius 1 is 1.00 bits per heavy atom. The van der Waals surface area contributed by atoms with Crippen molar-refractivity contribution in [3.05, 3.63) is 99.8 Å². The highest BCUT2D eigenvalue weighted by Crippen LogP contribution is 2.31. The van der Waals surface area contributed by atoms with Crippen molar-refractivity contribution in [2.24, 2.45) is 0 Å². The van der Waals surface area contributed by atoms with Gasteiger partial charge in [-0.3, -0.25) is 4.79 Å². The number of hydrogen-bond acceptors (Lipinski definition) is 3. The Kier molecular flexibility index (Phi) is 7.90. The van der Waals surface area contributed by atoms with Crippen molar-refractivity contribution < 1.29 is 17.6 Å². The normalized spacial score (nSPS) is 12.5. The molecule has 0 unspecified atom stereocenters. The Bertz CT molecular complexity index is 1190. The van der Waals surface area contributed by atoms with E-state index in [-0.39, 0.29) is 22.0 Å². The van der Waals surface area contributed by atoms with Gasteiger partial charge in [-0.05, 0) is 48.9 Å². The zero-order chi connectivity index (χ0) is 23.3. The van der Waals surface area contributed by atoms with Gasteiger partial charge in [-0.1, -0.05) is 59.6 Å². The van der Waals surface area contributed by atoms with Crippen LogP contribution in [0.5, 0.6) is 0 Å². The van der Waals surface area contributed by atoms with Crippen molar-refractivity contribution in [3.8, 4) is 0 Å². The first kappa shape index (κ1) is 24.2. The molecule has 1 atom stereocenters. The van der Waals surface area contributed by atoms with E-state index in [4.69, 9.17) is 23.2 Å². The number of amides is 1. The van der Waals surface area contributed by atoms with Gasteiger partial charge in [0.15, 0.2) is 0 Å². The second-order valence-corrected chi connectivity index (χ2v) is 9.71. The second kappa shape index (κ2) is 10.4. The van der Waals surface area contributed by atoms with Crippen LogP contribution in [-0.2, 0) is 21.4 Å². The summed E-state index contributed by atoms with van der Waals surface area (Å²) in [5.41, 5.74) is 0.530. The van der Waals surface area contributed by atoms with E-state index in [1.54, 1.807) is 37.3 Å². The van der Waals surface area contributed by atoms with Gasteiger partial charge in [-0.15, -0.1) is 0 Å². The Morgan fingerprint density at radius 3 is 2.22 bits per heavy atom. The smallest absolute Gasteiger partial charge is 0.244 e. The number of hydrogen-bond donors (Lipinski definition) is 1. The number of rotatable bonds is 8. The van der Waals surface area contributed by atoms with Crippen LogP contribution in [0.15, 0.2) is 77.7 Å². The van der Waals surface area contributed by atoms with E-state index in [1.165, 1.54) is 36.4 Å². The zero-order valence-electron chi connectivity index (χ0n) is 17.1. The lowest BCUT2D eigenvalue weighted by molar-refractivity contribution is -0.125. The van der Waals surface area contributed by atoms with Crippen LogP contribution in [0.4, 0.5) is 4.39 Å². The van der Waals surface area contributed by atoms with E-state index in [0.717, 1.165) is 10.4 Å². The molecule has 0 aliphatic rings. The molecule has 0 saturated carbocycles. The Balaban J connectivity index is 2.19. The maximum Gasteiger partial charge on any atom is 0.244 e. The summed E-state index contributed by atoms with van der Waals surface area (Å²) in [4.78, 5) is 13.0. The molecule has 0 aromatic heterocycles. The summed E-state index contributed by atoms with van der Waals surface area (Å²) in [6.45, 7) is 1.65. The van der Waals surface area contributed by atoms with Gasteiger partial charge in [0.2, 0.25) is 15.9 Å². The van der Waals surface area contributed by atoms with Crippen LogP contribution < -0.4 is 5.32 Å². The Morgan fingerprint density at radius 2 is 1.62 bits per heavy atom. The summed E-state index contributed by atoms with van der Waals surface area (Å²) in [5, 5.41) is 3.23. The number of carbonyl (C=O) groups excluding carboxylic acids is 1. The van der Waals surface area contributed by atoms with E-state index < -0.39 is 27.8 Å². The van der Waals surface area contributed by atoms with Gasteiger partial charge >= 0.3 is 0 Å². The first-order valence-electron chi connectivity index (χ1n) is 9.78. The number of benzene rings is 3. The van der Waals surface area contributed by atoms with E-state index >= 15 is 0 Å². The molecule has 0 aliphatic heterocycles. The minimum Gasteiger partial charge on any atom is -0.355 e. The van der Waals surface area contributed by atoms with E-state index in [1.807, 2.05) is 0 Å². The van der Waals surface area contributed by atoms with E-state index in [2.05, 4.69) is 5.32 Å². The maximum absolute atomic E-state index is 14.6. The molecule has 5 nitrogen and oxygen atoms in total. The molecule has 1 N–H and O–H groups in total. The standard InChI is InChI=1S/C23H21Cl2FN2O3S/c1-2-27-23(29)22(16-6-4-3-5-7-16)28(15-17-8-9-19(25)14-21(17)26)32(30,31)20-12-10-18(24)11-13-20/h3-14,22H,2,15H2,1H3,(H,27,29)/t22-/m1/s1. The van der Waals surface area contributed by atoms with E-state index in [0.29, 0.717) is 17.1 Å². The zero-order valence-corrected chi connectivity index (χ0v) is 19.5. The number of nitrogens with one attached hydrogen (secondary N) is 1. The van der Waals surface area contributed by atoms with Gasteiger partial charge in [0.1, 0.15) is 11.9 Å². The van der Waals surface area contributed by atoms with Gasteiger partial charge in [0.05, 0.1) is 4.90 Å². The fourth-order valence-corrected chi connectivity index (χ4v) is 5.07. The Labute approximate surface area is 196 Å². The molecule has 9 heteroatoms. The summed E-state index contributed by atoms with van der Waals surface area (Å²) in [6, 6.07) is 16.8. The molecule has 0 fully saturated rings. The highest BCUT2D eigenvalue weighted by atomic mass is 35.5. The molecular weight excluding hydrogens is 474 g/mol. The molecule has 0 aliphatic carbocycles. The van der Waals surface area contributed by atoms with E-state index in [9.17, 15) is 17.6 Å². The van der Waals surface area contributed by atoms with Gasteiger partial charge in [-0.25, -0.2) is 12.8 Å². The van der Waals surface area contributed by atoms with Gasteiger partial charge in [-0.2, -0.15) is 4.31 Å². The fourth-order valence-electron chi connectivity index (χ4n) is 3.23. The maximum atomic E-state index is 14.6. The largest absolute Gasteiger partial charge is 0.355 e. The van der Waals surface area contributed by atoms with Crippen LogP contribution in [0.3, 0.4) is 0 Å². The summed E-state index contributed by atoms with van der Waals surface area (Å²) < 4.78 is 43.0. The second-order valence-electron chi connectivity index (χ2n) is 6.95. The summed E-state index contributed by atoms with van der Waals surface area (Å²) in [5.74, 6) is -1.19. The summed E-state index contributed by atoms with van der Waals surface area (Å²) >= 11 is 11.8. The van der Waals surface area contributed by atoms with Gasteiger partial charge < -0.3 is 5.32 Å². The molecule has 0 heterocycles. The number of likely N-dealkylation sites (N-methyl/N-ethyl adjacent to an activating group) is 1. The molecule has 0 spiro atoms. The predicted molar refractivity (Wildman–Crippen MR) is 123 cm³/mol. The third kappa shape index (κ3) is 5.48. The SMILES string of the molecule is CCNC(=O)[C@@H](c1ccccc1)N(Cc1ccc(Cl)cc1F)S(=O)(=O)c1ccc(Cl)cc1. The predicted octanol–water partition coefficient (Wildman–Crippen LogP) is 5.20. The minimum atomic E-state index is -4.24. The molecule has 3 aromatic rings. The van der Waals surface area contributed by atoms with Crippen molar-refractivity contribution >= 4 is 39.1 Å². The topological polar surface area (TPSA) is 66.5 Å². The molecule has 0 bridgehead atoms.